The Kier molecular flexibility index (Phi) is 6.67. The van der Waals surface area contributed by atoms with Crippen molar-refractivity contribution in [3.05, 3.63) is 94.9 Å². The van der Waals surface area contributed by atoms with E-state index in [2.05, 4.69) is 15.6 Å². The van der Waals surface area contributed by atoms with Crippen molar-refractivity contribution >= 4 is 46.2 Å². The number of rotatable bonds is 6. The number of nitrogens with zero attached hydrogens (tertiary/aromatic N) is 1. The molecule has 1 aliphatic heterocycles. The highest BCUT2D eigenvalue weighted by atomic mass is 32.2. The highest BCUT2D eigenvalue weighted by molar-refractivity contribution is 8.18. The fraction of sp³-hybridized carbons (Fsp3) is 0.0800. The van der Waals surface area contributed by atoms with E-state index in [1.165, 1.54) is 11.8 Å². The molecule has 4 rings (SSSR count). The standard InChI is InChI=1S/C25H21N3O3S/c1-17-11-13-20(14-12-17)27-25-28-24(30)22(32-25)15-18-7-5-6-10-21(18)31-16-23(29)26-19-8-3-2-4-9-19/h2-15H,16H2,1H3,(H,26,29)(H,27,28,30)/b22-15-. The van der Waals surface area contributed by atoms with Gasteiger partial charge in [0.1, 0.15) is 5.75 Å². The number of aryl methyl sites for hydroxylation is 1. The van der Waals surface area contributed by atoms with Crippen molar-refractivity contribution < 1.29 is 14.3 Å². The molecule has 2 N–H and O–H groups in total. The van der Waals surface area contributed by atoms with Gasteiger partial charge in [-0.25, -0.2) is 4.99 Å². The molecule has 160 valence electrons. The summed E-state index contributed by atoms with van der Waals surface area (Å²) < 4.78 is 5.72. The van der Waals surface area contributed by atoms with Gasteiger partial charge in [0, 0.05) is 11.3 Å². The van der Waals surface area contributed by atoms with E-state index >= 15 is 0 Å². The van der Waals surface area contributed by atoms with Gasteiger partial charge in [-0.2, -0.15) is 0 Å². The average Bonchev–Trinajstić information content (AvgIpc) is 3.14. The van der Waals surface area contributed by atoms with E-state index in [1.807, 2.05) is 79.7 Å². The summed E-state index contributed by atoms with van der Waals surface area (Å²) in [7, 11) is 0. The predicted molar refractivity (Wildman–Crippen MR) is 129 cm³/mol. The molecule has 1 heterocycles. The van der Waals surface area contributed by atoms with E-state index in [0.717, 1.165) is 11.3 Å². The third-order valence-electron chi connectivity index (χ3n) is 4.54. The third-order valence-corrected chi connectivity index (χ3v) is 5.45. The number of anilines is 1. The van der Waals surface area contributed by atoms with E-state index in [-0.39, 0.29) is 18.4 Å². The Morgan fingerprint density at radius 2 is 1.75 bits per heavy atom. The van der Waals surface area contributed by atoms with Gasteiger partial charge in [0.15, 0.2) is 11.8 Å². The summed E-state index contributed by atoms with van der Waals surface area (Å²) in [6.45, 7) is 1.86. The molecule has 0 aliphatic carbocycles. The van der Waals surface area contributed by atoms with Crippen molar-refractivity contribution in [2.24, 2.45) is 4.99 Å². The van der Waals surface area contributed by atoms with Crippen LogP contribution in [-0.4, -0.2) is 23.6 Å². The monoisotopic (exact) mass is 443 g/mol. The smallest absolute Gasteiger partial charge is 0.264 e. The largest absolute Gasteiger partial charge is 0.483 e. The SMILES string of the molecule is Cc1ccc(N=C2NC(=O)/C(=C/c3ccccc3OCC(=O)Nc3ccccc3)S2)cc1. The van der Waals surface area contributed by atoms with Crippen LogP contribution in [0.1, 0.15) is 11.1 Å². The maximum Gasteiger partial charge on any atom is 0.264 e. The number of carbonyl (C=O) groups is 2. The molecule has 1 saturated heterocycles. The van der Waals surface area contributed by atoms with Crippen LogP contribution < -0.4 is 15.4 Å². The Morgan fingerprint density at radius 1 is 1.03 bits per heavy atom. The Bertz CT molecular complexity index is 1190. The molecule has 3 aromatic rings. The van der Waals surface area contributed by atoms with Gasteiger partial charge in [-0.3, -0.25) is 9.59 Å². The second-order valence-electron chi connectivity index (χ2n) is 7.06. The number of hydrogen-bond acceptors (Lipinski definition) is 5. The first kappa shape index (κ1) is 21.4. The molecule has 1 fully saturated rings. The Labute approximate surface area is 190 Å². The van der Waals surface area contributed by atoms with E-state index < -0.39 is 0 Å². The van der Waals surface area contributed by atoms with E-state index in [4.69, 9.17) is 4.74 Å². The summed E-state index contributed by atoms with van der Waals surface area (Å²) in [4.78, 5) is 29.6. The van der Waals surface area contributed by atoms with Crippen LogP contribution in [-0.2, 0) is 9.59 Å². The highest BCUT2D eigenvalue weighted by Gasteiger charge is 2.24. The number of amides is 2. The number of carbonyl (C=O) groups excluding carboxylic acids is 2. The minimum atomic E-state index is -0.265. The highest BCUT2D eigenvalue weighted by Crippen LogP contribution is 2.30. The van der Waals surface area contributed by atoms with Crippen LogP contribution in [0.2, 0.25) is 0 Å². The van der Waals surface area contributed by atoms with Crippen molar-refractivity contribution in [3.63, 3.8) is 0 Å². The van der Waals surface area contributed by atoms with Crippen LogP contribution in [0, 0.1) is 6.92 Å². The lowest BCUT2D eigenvalue weighted by atomic mass is 10.2. The molecule has 0 unspecified atom stereocenters. The van der Waals surface area contributed by atoms with E-state index in [9.17, 15) is 9.59 Å². The van der Waals surface area contributed by atoms with Gasteiger partial charge >= 0.3 is 0 Å². The normalized spacial score (nSPS) is 15.6. The average molecular weight is 444 g/mol. The predicted octanol–water partition coefficient (Wildman–Crippen LogP) is 4.90. The first-order valence-corrected chi connectivity index (χ1v) is 10.8. The molecular weight excluding hydrogens is 422 g/mol. The topological polar surface area (TPSA) is 79.8 Å². The minimum Gasteiger partial charge on any atom is -0.483 e. The number of nitrogens with one attached hydrogen (secondary N) is 2. The second-order valence-corrected chi connectivity index (χ2v) is 8.09. The van der Waals surface area contributed by atoms with Gasteiger partial charge < -0.3 is 15.4 Å². The molecule has 3 aromatic carbocycles. The van der Waals surface area contributed by atoms with E-state index in [1.54, 1.807) is 12.1 Å². The van der Waals surface area contributed by atoms with Gasteiger partial charge in [0.05, 0.1) is 10.6 Å². The summed E-state index contributed by atoms with van der Waals surface area (Å²) in [5.74, 6) is 0.0252. The lowest BCUT2D eigenvalue weighted by molar-refractivity contribution is -0.118. The summed E-state index contributed by atoms with van der Waals surface area (Å²) >= 11 is 1.26. The Balaban J connectivity index is 1.44. The lowest BCUT2D eigenvalue weighted by Gasteiger charge is -2.10. The zero-order valence-corrected chi connectivity index (χ0v) is 18.2. The molecule has 32 heavy (non-hydrogen) atoms. The zero-order valence-electron chi connectivity index (χ0n) is 17.4. The summed E-state index contributed by atoms with van der Waals surface area (Å²) in [5, 5.41) is 6.09. The summed E-state index contributed by atoms with van der Waals surface area (Å²) in [6, 6.07) is 24.2. The molecule has 0 spiro atoms. The molecule has 2 amide bonds. The molecule has 0 radical (unpaired) electrons. The van der Waals surface area contributed by atoms with Crippen molar-refractivity contribution in [2.45, 2.75) is 6.92 Å². The first-order valence-electron chi connectivity index (χ1n) is 10.00. The summed E-state index contributed by atoms with van der Waals surface area (Å²) in [5.41, 5.74) is 3.32. The number of ether oxygens (including phenoxy) is 1. The fourth-order valence-corrected chi connectivity index (χ4v) is 3.78. The van der Waals surface area contributed by atoms with Gasteiger partial charge in [-0.15, -0.1) is 0 Å². The fourth-order valence-electron chi connectivity index (χ4n) is 2.95. The van der Waals surface area contributed by atoms with Crippen molar-refractivity contribution in [1.29, 1.82) is 0 Å². The van der Waals surface area contributed by atoms with Crippen LogP contribution >= 0.6 is 11.8 Å². The minimum absolute atomic E-state index is 0.144. The number of amidine groups is 1. The molecule has 0 bridgehead atoms. The quantitative estimate of drug-likeness (QED) is 0.531. The zero-order chi connectivity index (χ0) is 22.3. The van der Waals surface area contributed by atoms with Crippen molar-refractivity contribution in [3.8, 4) is 5.75 Å². The maximum absolute atomic E-state index is 12.4. The van der Waals surface area contributed by atoms with Gasteiger partial charge in [0.25, 0.3) is 11.8 Å². The Hall–Kier alpha value is -3.84. The number of benzene rings is 3. The molecule has 7 heteroatoms. The number of aliphatic imine (C=N–C) groups is 1. The van der Waals surface area contributed by atoms with Gasteiger partial charge in [-0.1, -0.05) is 54.1 Å². The lowest BCUT2D eigenvalue weighted by Crippen LogP contribution is -2.20. The molecule has 0 saturated carbocycles. The number of hydrogen-bond donors (Lipinski definition) is 2. The first-order chi connectivity index (χ1) is 15.6. The molecule has 0 atom stereocenters. The molecular formula is C25H21N3O3S. The molecule has 0 aromatic heterocycles. The number of para-hydroxylation sites is 2. The number of thioether (sulfide) groups is 1. The van der Waals surface area contributed by atoms with E-state index in [0.29, 0.717) is 27.1 Å². The van der Waals surface area contributed by atoms with Crippen molar-refractivity contribution in [1.82, 2.24) is 5.32 Å². The Morgan fingerprint density at radius 3 is 2.53 bits per heavy atom. The van der Waals surface area contributed by atoms with Crippen LogP contribution in [0.25, 0.3) is 6.08 Å². The maximum atomic E-state index is 12.4. The summed E-state index contributed by atoms with van der Waals surface area (Å²) in [6.07, 6.45) is 1.74. The third kappa shape index (κ3) is 5.65. The van der Waals surface area contributed by atoms with Crippen LogP contribution in [0.15, 0.2) is 88.8 Å². The van der Waals surface area contributed by atoms with Gasteiger partial charge in [-0.05, 0) is 55.1 Å². The van der Waals surface area contributed by atoms with Crippen LogP contribution in [0.5, 0.6) is 5.75 Å². The van der Waals surface area contributed by atoms with Crippen LogP contribution in [0.3, 0.4) is 0 Å². The van der Waals surface area contributed by atoms with Crippen molar-refractivity contribution in [2.75, 3.05) is 11.9 Å². The molecule has 6 nitrogen and oxygen atoms in total. The molecule has 1 aliphatic rings. The van der Waals surface area contributed by atoms with Crippen LogP contribution in [0.4, 0.5) is 11.4 Å². The van der Waals surface area contributed by atoms with Gasteiger partial charge in [0.2, 0.25) is 0 Å². The second kappa shape index (κ2) is 9.98.